The largest absolute Gasteiger partial charge is 0.411 e. The van der Waals surface area contributed by atoms with Crippen LogP contribution in [0.15, 0.2) is 18.6 Å². The van der Waals surface area contributed by atoms with E-state index in [0.29, 0.717) is 9.26 Å². The van der Waals surface area contributed by atoms with Gasteiger partial charge in [0.2, 0.25) is 0 Å². The summed E-state index contributed by atoms with van der Waals surface area (Å²) in [5, 5.41) is 12.6. The average Bonchev–Trinajstić information content (AvgIpc) is 2.97. The molecule has 0 aromatic carbocycles. The molecule has 2 N–H and O–H groups in total. The van der Waals surface area contributed by atoms with Crippen LogP contribution in [-0.4, -0.2) is 38.7 Å². The molecule has 0 unspecified atom stereocenters. The highest BCUT2D eigenvalue weighted by Crippen LogP contribution is 2.15. The summed E-state index contributed by atoms with van der Waals surface area (Å²) in [6, 6.07) is 0. The minimum absolute atomic E-state index is 0.289. The van der Waals surface area contributed by atoms with E-state index in [1.54, 1.807) is 0 Å². The maximum absolute atomic E-state index is 11.9. The van der Waals surface area contributed by atoms with E-state index < -0.39 is 18.7 Å². The quantitative estimate of drug-likeness (QED) is 0.732. The van der Waals surface area contributed by atoms with Crippen LogP contribution >= 0.6 is 22.6 Å². The molecule has 0 saturated heterocycles. The fraction of sp³-hybridized carbons (Fsp3) is 0.300. The van der Waals surface area contributed by atoms with E-state index in [1.807, 2.05) is 22.6 Å². The molecule has 2 aromatic rings. The van der Waals surface area contributed by atoms with Gasteiger partial charge in [0.25, 0.3) is 5.91 Å². The summed E-state index contributed by atoms with van der Waals surface area (Å²) in [5.41, 5.74) is 0.623. The molecule has 114 valence electrons. The van der Waals surface area contributed by atoms with Gasteiger partial charge >= 0.3 is 6.18 Å². The lowest BCUT2D eigenvalue weighted by molar-refractivity contribution is -0.182. The first kappa shape index (κ1) is 15.8. The van der Waals surface area contributed by atoms with Crippen LogP contribution in [0.4, 0.5) is 18.9 Å². The normalized spacial score (nSPS) is 11.6. The van der Waals surface area contributed by atoms with Crippen molar-refractivity contribution in [3.8, 4) is 0 Å². The maximum Gasteiger partial charge on any atom is 0.411 e. The molecule has 2 heterocycles. The van der Waals surface area contributed by atoms with Gasteiger partial charge in [-0.05, 0) is 22.6 Å². The molecule has 0 radical (unpaired) electrons. The lowest BCUT2D eigenvalue weighted by atomic mass is 10.4. The van der Waals surface area contributed by atoms with Crippen LogP contribution in [0.25, 0.3) is 0 Å². The zero-order chi connectivity index (χ0) is 15.5. The number of amides is 1. The molecule has 0 saturated carbocycles. The van der Waals surface area contributed by atoms with Crippen LogP contribution in [0, 0.1) is 3.57 Å². The number of hydrogen-bond donors (Lipinski definition) is 2. The van der Waals surface area contributed by atoms with E-state index in [2.05, 4.69) is 25.3 Å². The van der Waals surface area contributed by atoms with Crippen molar-refractivity contribution < 1.29 is 22.7 Å². The summed E-state index contributed by atoms with van der Waals surface area (Å²) in [6.45, 7) is -1.72. The van der Waals surface area contributed by atoms with E-state index in [9.17, 15) is 18.0 Å². The molecular weight excluding hydrogens is 406 g/mol. The highest BCUT2D eigenvalue weighted by molar-refractivity contribution is 14.1. The number of aromatic nitrogens is 4. The Morgan fingerprint density at radius 1 is 1.48 bits per heavy atom. The number of halogens is 4. The second-order valence-corrected chi connectivity index (χ2v) is 5.07. The molecule has 0 aliphatic rings. The molecule has 0 spiro atoms. The molecule has 2 aromatic heterocycles. The van der Waals surface area contributed by atoms with Crippen molar-refractivity contribution in [2.75, 3.05) is 11.9 Å². The van der Waals surface area contributed by atoms with Gasteiger partial charge < -0.3 is 10.1 Å². The number of rotatable bonds is 5. The van der Waals surface area contributed by atoms with E-state index in [0.717, 1.165) is 4.68 Å². The van der Waals surface area contributed by atoms with Crippen LogP contribution in [-0.2, 0) is 11.5 Å². The third-order valence-corrected chi connectivity index (χ3v) is 3.02. The molecule has 0 aliphatic carbocycles. The van der Waals surface area contributed by atoms with Crippen LogP contribution in [0.2, 0.25) is 0 Å². The van der Waals surface area contributed by atoms with Gasteiger partial charge in [-0.1, -0.05) is 0 Å². The minimum atomic E-state index is -4.39. The second kappa shape index (κ2) is 6.43. The Bertz CT molecular complexity index is 624. The lowest BCUT2D eigenvalue weighted by Gasteiger charge is -2.07. The van der Waals surface area contributed by atoms with Crippen molar-refractivity contribution in [3.05, 3.63) is 27.9 Å². The predicted molar refractivity (Wildman–Crippen MR) is 73.5 cm³/mol. The molecule has 0 fully saturated rings. The Balaban J connectivity index is 1.89. The van der Waals surface area contributed by atoms with Crippen molar-refractivity contribution in [3.63, 3.8) is 0 Å². The number of anilines is 1. The zero-order valence-electron chi connectivity index (χ0n) is 10.3. The zero-order valence-corrected chi connectivity index (χ0v) is 12.5. The van der Waals surface area contributed by atoms with E-state index in [4.69, 9.17) is 0 Å². The minimum Gasteiger partial charge on any atom is -0.350 e. The molecule has 1 amide bonds. The van der Waals surface area contributed by atoms with Gasteiger partial charge in [0.15, 0.2) is 0 Å². The number of H-pyrrole nitrogens is 1. The molecule has 0 bridgehead atoms. The standard InChI is InChI=1S/C10H9F3IN5O2/c11-10(12,13)4-21-5-19-3-6(1-16-19)17-9(20)8-7(14)2-15-18-8/h1-3H,4-5H2,(H,15,18)(H,17,20). The van der Waals surface area contributed by atoms with Crippen molar-refractivity contribution >= 4 is 34.2 Å². The van der Waals surface area contributed by atoms with Gasteiger partial charge in [0.05, 0.1) is 27.8 Å². The summed E-state index contributed by atoms with van der Waals surface area (Å²) in [5.74, 6) is -0.423. The molecule has 7 nitrogen and oxygen atoms in total. The Labute approximate surface area is 130 Å². The van der Waals surface area contributed by atoms with Crippen molar-refractivity contribution in [1.29, 1.82) is 0 Å². The van der Waals surface area contributed by atoms with E-state index in [1.165, 1.54) is 18.6 Å². The van der Waals surface area contributed by atoms with Crippen LogP contribution in [0.1, 0.15) is 10.5 Å². The molecule has 11 heteroatoms. The predicted octanol–water partition coefficient (Wildman–Crippen LogP) is 2.00. The Morgan fingerprint density at radius 2 is 2.24 bits per heavy atom. The van der Waals surface area contributed by atoms with Gasteiger partial charge in [0, 0.05) is 0 Å². The third-order valence-electron chi connectivity index (χ3n) is 2.20. The fourth-order valence-corrected chi connectivity index (χ4v) is 1.88. The van der Waals surface area contributed by atoms with E-state index in [-0.39, 0.29) is 12.4 Å². The smallest absolute Gasteiger partial charge is 0.350 e. The van der Waals surface area contributed by atoms with E-state index >= 15 is 0 Å². The number of nitrogens with zero attached hydrogens (tertiary/aromatic N) is 3. The first-order valence-electron chi connectivity index (χ1n) is 5.52. The van der Waals surface area contributed by atoms with Gasteiger partial charge in [-0.25, -0.2) is 4.68 Å². The van der Waals surface area contributed by atoms with Gasteiger partial charge in [0.1, 0.15) is 19.0 Å². The summed E-state index contributed by atoms with van der Waals surface area (Å²) in [7, 11) is 0. The highest BCUT2D eigenvalue weighted by Gasteiger charge is 2.27. The molecule has 0 atom stereocenters. The Hall–Kier alpha value is -1.63. The fourth-order valence-electron chi connectivity index (χ4n) is 1.38. The monoisotopic (exact) mass is 415 g/mol. The number of carbonyl (C=O) groups excluding carboxylic acids is 1. The summed E-state index contributed by atoms with van der Waals surface area (Å²) in [6.07, 6.45) is -0.235. The molecule has 0 aliphatic heterocycles. The first-order chi connectivity index (χ1) is 9.85. The number of alkyl halides is 3. The Kier molecular flexibility index (Phi) is 4.82. The lowest BCUT2D eigenvalue weighted by Crippen LogP contribution is -2.18. The summed E-state index contributed by atoms with van der Waals surface area (Å²) >= 11 is 1.94. The van der Waals surface area contributed by atoms with Crippen molar-refractivity contribution in [1.82, 2.24) is 20.0 Å². The number of aromatic amines is 1. The topological polar surface area (TPSA) is 84.8 Å². The van der Waals surface area contributed by atoms with Gasteiger partial charge in [-0.3, -0.25) is 9.89 Å². The number of hydrogen-bond acceptors (Lipinski definition) is 4. The first-order valence-corrected chi connectivity index (χ1v) is 6.60. The van der Waals surface area contributed by atoms with Crippen LogP contribution in [0.3, 0.4) is 0 Å². The molecule has 2 rings (SSSR count). The molecular formula is C10H9F3IN5O2. The number of ether oxygens (including phenoxy) is 1. The van der Waals surface area contributed by atoms with Gasteiger partial charge in [-0.15, -0.1) is 0 Å². The number of carbonyl (C=O) groups is 1. The summed E-state index contributed by atoms with van der Waals surface area (Å²) in [4.78, 5) is 11.8. The molecule has 21 heavy (non-hydrogen) atoms. The van der Waals surface area contributed by atoms with Crippen LogP contribution in [0.5, 0.6) is 0 Å². The van der Waals surface area contributed by atoms with Gasteiger partial charge in [-0.2, -0.15) is 23.4 Å². The Morgan fingerprint density at radius 3 is 2.86 bits per heavy atom. The summed E-state index contributed by atoms with van der Waals surface area (Å²) < 4.78 is 41.9. The second-order valence-electron chi connectivity index (χ2n) is 3.91. The highest BCUT2D eigenvalue weighted by atomic mass is 127. The van der Waals surface area contributed by atoms with Crippen molar-refractivity contribution in [2.45, 2.75) is 12.9 Å². The third kappa shape index (κ3) is 4.70. The van der Waals surface area contributed by atoms with Crippen molar-refractivity contribution in [2.24, 2.45) is 0 Å². The average molecular weight is 415 g/mol. The van der Waals surface area contributed by atoms with Crippen LogP contribution < -0.4 is 5.32 Å². The SMILES string of the molecule is O=C(Nc1cnn(COCC(F)(F)F)c1)c1[nH]ncc1I. The number of nitrogens with one attached hydrogen (secondary N) is 2. The maximum atomic E-state index is 11.9.